The van der Waals surface area contributed by atoms with Gasteiger partial charge in [0.1, 0.15) is 20.5 Å². The number of nitrogens with zero attached hydrogens (tertiary/aromatic N) is 2. The Morgan fingerprint density at radius 1 is 1.53 bits per heavy atom. The first-order valence-electron chi connectivity index (χ1n) is 3.98. The van der Waals surface area contributed by atoms with Crippen molar-refractivity contribution < 1.29 is 40.1 Å². The second-order valence-corrected chi connectivity index (χ2v) is 4.61. The van der Waals surface area contributed by atoms with Crippen LogP contribution >= 0.6 is 11.6 Å². The van der Waals surface area contributed by atoms with Gasteiger partial charge in [0.15, 0.2) is 5.75 Å². The maximum absolute atomic E-state index is 11.1. The van der Waals surface area contributed by atoms with Crippen molar-refractivity contribution in [1.29, 1.82) is 0 Å². The normalized spacial score (nSPS) is 11.2. The molecule has 2 rings (SSSR count). The molecule has 10 heteroatoms. The number of ether oxygens (including phenoxy) is 1. The predicted octanol–water partition coefficient (Wildman–Crippen LogP) is 0.521. The topological polar surface area (TPSA) is 108 Å². The van der Waals surface area contributed by atoms with Gasteiger partial charge in [-0.3, -0.25) is 5.10 Å². The minimum absolute atomic E-state index is 0. The molecule has 0 unspecified atom stereocenters. The van der Waals surface area contributed by atoms with Gasteiger partial charge in [-0.15, -0.1) is 5.10 Å². The van der Waals surface area contributed by atoms with Crippen molar-refractivity contribution in [2.24, 2.45) is 0 Å². The number of aromatic amines is 1. The van der Waals surface area contributed by atoms with Crippen molar-refractivity contribution in [1.82, 2.24) is 15.4 Å². The number of fused-ring (bicyclic) bond motifs is 1. The minimum atomic E-state index is -4.75. The molecular formula is C7H5AgClN3O4S. The Morgan fingerprint density at radius 3 is 2.71 bits per heavy atom. The van der Waals surface area contributed by atoms with E-state index < -0.39 is 15.0 Å². The summed E-state index contributed by atoms with van der Waals surface area (Å²) in [7, 11) is -3.54. The summed E-state index contributed by atoms with van der Waals surface area (Å²) in [6, 6.07) is 1.38. The summed E-state index contributed by atoms with van der Waals surface area (Å²) in [5.41, 5.74) is 0.163. The average molecular weight is 371 g/mol. The first kappa shape index (κ1) is 14.4. The second-order valence-electron chi connectivity index (χ2n) is 2.88. The van der Waals surface area contributed by atoms with Gasteiger partial charge in [0.05, 0.1) is 17.6 Å². The fraction of sp³-hybridized carbons (Fsp3) is 0.143. The fourth-order valence-electron chi connectivity index (χ4n) is 1.33. The second kappa shape index (κ2) is 4.93. The fourth-order valence-corrected chi connectivity index (χ4v) is 2.48. The molecule has 0 aliphatic carbocycles. The molecule has 0 atom stereocenters. The summed E-state index contributed by atoms with van der Waals surface area (Å²) >= 11 is 5.77. The van der Waals surface area contributed by atoms with Gasteiger partial charge in [-0.1, -0.05) is 16.8 Å². The summed E-state index contributed by atoms with van der Waals surface area (Å²) in [6.07, 6.45) is 0. The Bertz CT molecular complexity index is 656. The molecule has 1 aromatic carbocycles. The van der Waals surface area contributed by atoms with Crippen LogP contribution in [0.3, 0.4) is 0 Å². The number of hydrogen-bond acceptors (Lipinski definition) is 6. The Kier molecular flexibility index (Phi) is 4.18. The van der Waals surface area contributed by atoms with Gasteiger partial charge in [0, 0.05) is 0 Å². The van der Waals surface area contributed by atoms with Crippen LogP contribution in [0.1, 0.15) is 0 Å². The van der Waals surface area contributed by atoms with Gasteiger partial charge in [0.2, 0.25) is 0 Å². The predicted molar refractivity (Wildman–Crippen MR) is 53.4 cm³/mol. The first-order chi connectivity index (χ1) is 7.45. The molecule has 96 valence electrons. The van der Waals surface area contributed by atoms with Crippen LogP contribution in [0.15, 0.2) is 11.0 Å². The third kappa shape index (κ3) is 2.46. The average Bonchev–Trinajstić information content (AvgIpc) is 2.60. The van der Waals surface area contributed by atoms with E-state index in [0.29, 0.717) is 0 Å². The number of nitrogens with one attached hydrogen (secondary N) is 1. The van der Waals surface area contributed by atoms with Crippen molar-refractivity contribution >= 4 is 32.8 Å². The van der Waals surface area contributed by atoms with Gasteiger partial charge in [0.25, 0.3) is 0 Å². The van der Waals surface area contributed by atoms with Crippen LogP contribution in [0.5, 0.6) is 5.75 Å². The zero-order chi connectivity index (χ0) is 11.9. The van der Waals surface area contributed by atoms with Crippen LogP contribution in [0, 0.1) is 0 Å². The summed E-state index contributed by atoms with van der Waals surface area (Å²) in [6.45, 7) is 0. The molecule has 0 saturated carbocycles. The zero-order valence-electron chi connectivity index (χ0n) is 8.19. The van der Waals surface area contributed by atoms with Crippen LogP contribution < -0.4 is 4.74 Å². The molecule has 1 N–H and O–H groups in total. The molecule has 0 amide bonds. The maximum Gasteiger partial charge on any atom is 1.00 e. The minimum Gasteiger partial charge on any atom is -0.744 e. The van der Waals surface area contributed by atoms with Crippen molar-refractivity contribution in [2.45, 2.75) is 4.90 Å². The summed E-state index contributed by atoms with van der Waals surface area (Å²) in [5, 5.41) is 9.33. The SMILES string of the molecule is COc1c(Cl)cc2[nH]nnc2c1S(=O)(=O)[O-].[Ag+]. The molecule has 2 aromatic rings. The Labute approximate surface area is 117 Å². The number of methoxy groups -OCH3 is 1. The zero-order valence-corrected chi connectivity index (χ0v) is 11.2. The van der Waals surface area contributed by atoms with Gasteiger partial charge in [-0.2, -0.15) is 0 Å². The Hall–Kier alpha value is -0.640. The van der Waals surface area contributed by atoms with Crippen molar-refractivity contribution in [3.05, 3.63) is 11.1 Å². The Balaban J connectivity index is 0.00000144. The standard InChI is InChI=1S/C7H6ClN3O4S.Ag/c1-15-6-3(8)2-4-5(10-11-9-4)7(6)16(12,13)14;/h2H,1H3,(H,9,10,11)(H,12,13,14);/q;+1/p-1. The van der Waals surface area contributed by atoms with Gasteiger partial charge in [-0.25, -0.2) is 8.42 Å². The quantitative estimate of drug-likeness (QED) is 0.610. The Morgan fingerprint density at radius 2 is 2.18 bits per heavy atom. The smallest absolute Gasteiger partial charge is 0.744 e. The van der Waals surface area contributed by atoms with Gasteiger partial charge >= 0.3 is 22.4 Å². The molecule has 0 radical (unpaired) electrons. The number of rotatable bonds is 2. The third-order valence-corrected chi connectivity index (χ3v) is 3.10. The monoisotopic (exact) mass is 369 g/mol. The van der Waals surface area contributed by atoms with E-state index in [4.69, 9.17) is 16.3 Å². The number of halogens is 1. The van der Waals surface area contributed by atoms with E-state index in [9.17, 15) is 13.0 Å². The number of benzene rings is 1. The van der Waals surface area contributed by atoms with Crippen molar-refractivity contribution in [3.8, 4) is 5.75 Å². The number of H-pyrrole nitrogens is 1. The van der Waals surface area contributed by atoms with Crippen LogP contribution in [-0.2, 0) is 32.5 Å². The van der Waals surface area contributed by atoms with Crippen LogP contribution in [0.2, 0.25) is 5.02 Å². The van der Waals surface area contributed by atoms with Crippen LogP contribution in [-0.4, -0.2) is 35.5 Å². The van der Waals surface area contributed by atoms with E-state index in [1.165, 1.54) is 13.2 Å². The van der Waals surface area contributed by atoms with E-state index in [0.717, 1.165) is 0 Å². The molecule has 0 fully saturated rings. The largest absolute Gasteiger partial charge is 1.00 e. The summed E-state index contributed by atoms with van der Waals surface area (Å²) < 4.78 is 38.1. The molecule has 17 heavy (non-hydrogen) atoms. The molecule has 0 aliphatic rings. The molecular weight excluding hydrogens is 365 g/mol. The number of aromatic nitrogens is 3. The van der Waals surface area contributed by atoms with E-state index >= 15 is 0 Å². The molecule has 1 aromatic heterocycles. The molecule has 0 bridgehead atoms. The van der Waals surface area contributed by atoms with Crippen molar-refractivity contribution in [2.75, 3.05) is 7.11 Å². The van der Waals surface area contributed by atoms with E-state index in [1.54, 1.807) is 0 Å². The van der Waals surface area contributed by atoms with Crippen molar-refractivity contribution in [3.63, 3.8) is 0 Å². The molecule has 0 saturated heterocycles. The van der Waals surface area contributed by atoms with Gasteiger partial charge in [-0.05, 0) is 6.07 Å². The van der Waals surface area contributed by atoms with E-state index in [1.807, 2.05) is 0 Å². The molecule has 1 heterocycles. The molecule has 0 aliphatic heterocycles. The van der Waals surface area contributed by atoms with E-state index in [-0.39, 0.29) is 44.2 Å². The number of hydrogen-bond donors (Lipinski definition) is 1. The van der Waals surface area contributed by atoms with Crippen LogP contribution in [0.4, 0.5) is 0 Å². The van der Waals surface area contributed by atoms with E-state index in [2.05, 4.69) is 15.4 Å². The summed E-state index contributed by atoms with van der Waals surface area (Å²) in [4.78, 5) is -0.605. The molecule has 7 nitrogen and oxygen atoms in total. The maximum atomic E-state index is 11.1. The van der Waals surface area contributed by atoms with Crippen LogP contribution in [0.25, 0.3) is 11.0 Å². The third-order valence-electron chi connectivity index (χ3n) is 1.94. The summed E-state index contributed by atoms with van der Waals surface area (Å²) in [5.74, 6) is -0.224. The first-order valence-corrected chi connectivity index (χ1v) is 5.77. The van der Waals surface area contributed by atoms with Gasteiger partial charge < -0.3 is 9.29 Å². The molecule has 0 spiro atoms.